The number of nitrogens with one attached hydrogen (secondary N) is 1. The second-order valence-electron chi connectivity index (χ2n) is 5.45. The van der Waals surface area contributed by atoms with Crippen LogP contribution in [-0.4, -0.2) is 65.9 Å². The van der Waals surface area contributed by atoms with Crippen LogP contribution in [0.15, 0.2) is 0 Å². The van der Waals surface area contributed by atoms with Gasteiger partial charge in [-0.3, -0.25) is 4.79 Å². The van der Waals surface area contributed by atoms with Crippen LogP contribution >= 0.6 is 0 Å². The van der Waals surface area contributed by atoms with Crippen molar-refractivity contribution in [1.82, 2.24) is 9.62 Å². The first-order valence-corrected chi connectivity index (χ1v) is 8.44. The summed E-state index contributed by atoms with van der Waals surface area (Å²) in [5.41, 5.74) is -1.14. The van der Waals surface area contributed by atoms with E-state index in [0.29, 0.717) is 25.8 Å². The third-order valence-electron chi connectivity index (χ3n) is 3.45. The molecular formula is C12H24N2O5S. The third-order valence-corrected chi connectivity index (χ3v) is 5.52. The molecule has 3 N–H and O–H groups in total. The topological polar surface area (TPSA) is 107 Å². The molecule has 0 spiro atoms. The number of amides is 1. The van der Waals surface area contributed by atoms with Crippen LogP contribution in [0.2, 0.25) is 0 Å². The molecule has 7 nitrogen and oxygen atoms in total. The fourth-order valence-electron chi connectivity index (χ4n) is 2.22. The van der Waals surface area contributed by atoms with E-state index in [1.54, 1.807) is 6.92 Å². The molecule has 0 aromatic heterocycles. The van der Waals surface area contributed by atoms with Crippen molar-refractivity contribution in [3.63, 3.8) is 0 Å². The number of nitrogens with zero attached hydrogens (tertiary/aromatic N) is 1. The number of carbonyl (C=O) groups is 1. The van der Waals surface area contributed by atoms with E-state index in [4.69, 9.17) is 0 Å². The Morgan fingerprint density at radius 3 is 2.50 bits per heavy atom. The number of aliphatic hydroxyl groups is 2. The SMILES string of the molecule is CCCS(=O)(=O)N1CCCC1C(=O)NC(C)(CO)CO. The number of aliphatic hydroxyl groups excluding tert-OH is 2. The number of hydrogen-bond donors (Lipinski definition) is 3. The maximum Gasteiger partial charge on any atom is 0.239 e. The van der Waals surface area contributed by atoms with Gasteiger partial charge in [-0.05, 0) is 26.2 Å². The highest BCUT2D eigenvalue weighted by Crippen LogP contribution is 2.22. The molecule has 20 heavy (non-hydrogen) atoms. The summed E-state index contributed by atoms with van der Waals surface area (Å²) in [6.45, 7) is 2.80. The summed E-state index contributed by atoms with van der Waals surface area (Å²) in [6, 6.07) is -0.746. The summed E-state index contributed by atoms with van der Waals surface area (Å²) >= 11 is 0. The van der Waals surface area contributed by atoms with E-state index >= 15 is 0 Å². The number of hydrogen-bond acceptors (Lipinski definition) is 5. The summed E-state index contributed by atoms with van der Waals surface area (Å²) in [5, 5.41) is 20.9. The molecule has 0 bridgehead atoms. The Labute approximate surface area is 120 Å². The second kappa shape index (κ2) is 6.84. The van der Waals surface area contributed by atoms with E-state index in [9.17, 15) is 23.4 Å². The Balaban J connectivity index is 2.82. The lowest BCUT2D eigenvalue weighted by Crippen LogP contribution is -2.57. The molecule has 1 atom stereocenters. The molecule has 1 amide bonds. The van der Waals surface area contributed by atoms with Crippen LogP contribution in [0.25, 0.3) is 0 Å². The van der Waals surface area contributed by atoms with Crippen LogP contribution in [0.1, 0.15) is 33.1 Å². The van der Waals surface area contributed by atoms with Crippen LogP contribution in [-0.2, 0) is 14.8 Å². The molecule has 0 saturated carbocycles. The highest BCUT2D eigenvalue weighted by molar-refractivity contribution is 7.89. The van der Waals surface area contributed by atoms with E-state index in [1.807, 2.05) is 0 Å². The summed E-state index contributed by atoms with van der Waals surface area (Å²) < 4.78 is 25.4. The lowest BCUT2D eigenvalue weighted by atomic mass is 10.0. The van der Waals surface area contributed by atoms with Crippen molar-refractivity contribution in [2.45, 2.75) is 44.7 Å². The van der Waals surface area contributed by atoms with Gasteiger partial charge in [-0.1, -0.05) is 6.92 Å². The Kier molecular flexibility index (Phi) is 5.93. The molecule has 8 heteroatoms. The van der Waals surface area contributed by atoms with Crippen molar-refractivity contribution >= 4 is 15.9 Å². The van der Waals surface area contributed by atoms with E-state index in [1.165, 1.54) is 11.2 Å². The van der Waals surface area contributed by atoms with Gasteiger partial charge in [0.15, 0.2) is 0 Å². The molecule has 0 aromatic carbocycles. The van der Waals surface area contributed by atoms with Crippen LogP contribution in [0, 0.1) is 0 Å². The maximum atomic E-state index is 12.2. The zero-order valence-corrected chi connectivity index (χ0v) is 12.8. The van der Waals surface area contributed by atoms with Gasteiger partial charge in [0, 0.05) is 6.54 Å². The van der Waals surface area contributed by atoms with E-state index in [0.717, 1.165) is 0 Å². The predicted octanol–water partition coefficient (Wildman–Crippen LogP) is -0.950. The first kappa shape index (κ1) is 17.4. The standard InChI is InChI=1S/C12H24N2O5S/c1-3-7-20(18,19)14-6-4-5-10(14)11(17)13-12(2,8-15)9-16/h10,15-16H,3-9H2,1-2H3,(H,13,17). The highest BCUT2D eigenvalue weighted by atomic mass is 32.2. The van der Waals surface area contributed by atoms with Crippen molar-refractivity contribution < 1.29 is 23.4 Å². The van der Waals surface area contributed by atoms with Gasteiger partial charge in [-0.2, -0.15) is 4.31 Å². The van der Waals surface area contributed by atoms with Gasteiger partial charge in [0.05, 0.1) is 24.5 Å². The van der Waals surface area contributed by atoms with Gasteiger partial charge in [0.1, 0.15) is 6.04 Å². The monoisotopic (exact) mass is 308 g/mol. The van der Waals surface area contributed by atoms with Gasteiger partial charge in [0.2, 0.25) is 15.9 Å². The quantitative estimate of drug-likeness (QED) is 0.562. The van der Waals surface area contributed by atoms with Crippen LogP contribution in [0.4, 0.5) is 0 Å². The number of carbonyl (C=O) groups excluding carboxylic acids is 1. The summed E-state index contributed by atoms with van der Waals surface area (Å²) in [6.07, 6.45) is 1.59. The molecule has 0 aliphatic carbocycles. The number of rotatable bonds is 7. The summed E-state index contributed by atoms with van der Waals surface area (Å²) in [5.74, 6) is -0.443. The van der Waals surface area contributed by atoms with Crippen molar-refractivity contribution in [3.8, 4) is 0 Å². The fraction of sp³-hybridized carbons (Fsp3) is 0.917. The summed E-state index contributed by atoms with van der Waals surface area (Å²) in [4.78, 5) is 12.2. The smallest absolute Gasteiger partial charge is 0.239 e. The Morgan fingerprint density at radius 2 is 2.00 bits per heavy atom. The minimum absolute atomic E-state index is 0.0219. The Morgan fingerprint density at radius 1 is 1.40 bits per heavy atom. The van der Waals surface area contributed by atoms with Crippen molar-refractivity contribution in [2.75, 3.05) is 25.5 Å². The van der Waals surface area contributed by atoms with Gasteiger partial charge in [0.25, 0.3) is 0 Å². The van der Waals surface area contributed by atoms with Crippen LogP contribution in [0.5, 0.6) is 0 Å². The first-order chi connectivity index (χ1) is 9.29. The third kappa shape index (κ3) is 3.91. The largest absolute Gasteiger partial charge is 0.394 e. The zero-order chi connectivity index (χ0) is 15.4. The molecule has 118 valence electrons. The molecule has 0 radical (unpaired) electrons. The fourth-order valence-corrected chi connectivity index (χ4v) is 3.97. The molecule has 1 rings (SSSR count). The van der Waals surface area contributed by atoms with Gasteiger partial charge >= 0.3 is 0 Å². The normalized spacial score (nSPS) is 21.1. The van der Waals surface area contributed by atoms with Crippen molar-refractivity contribution in [1.29, 1.82) is 0 Å². The van der Waals surface area contributed by atoms with Crippen molar-refractivity contribution in [3.05, 3.63) is 0 Å². The van der Waals surface area contributed by atoms with E-state index < -0.39 is 40.7 Å². The molecule has 1 aliphatic heterocycles. The van der Waals surface area contributed by atoms with Gasteiger partial charge in [-0.25, -0.2) is 8.42 Å². The minimum atomic E-state index is -3.43. The second-order valence-corrected chi connectivity index (χ2v) is 7.49. The molecular weight excluding hydrogens is 284 g/mol. The highest BCUT2D eigenvalue weighted by Gasteiger charge is 2.40. The lowest BCUT2D eigenvalue weighted by molar-refractivity contribution is -0.127. The van der Waals surface area contributed by atoms with E-state index in [-0.39, 0.29) is 5.75 Å². The number of sulfonamides is 1. The Bertz CT molecular complexity index is 433. The summed E-state index contributed by atoms with van der Waals surface area (Å²) in [7, 11) is -3.43. The van der Waals surface area contributed by atoms with Crippen LogP contribution in [0.3, 0.4) is 0 Å². The molecule has 1 aliphatic rings. The zero-order valence-electron chi connectivity index (χ0n) is 12.0. The molecule has 1 fully saturated rings. The predicted molar refractivity (Wildman–Crippen MR) is 74.5 cm³/mol. The molecule has 1 saturated heterocycles. The van der Waals surface area contributed by atoms with Gasteiger partial charge in [-0.15, -0.1) is 0 Å². The van der Waals surface area contributed by atoms with Crippen LogP contribution < -0.4 is 5.32 Å². The Hall–Kier alpha value is -0.700. The first-order valence-electron chi connectivity index (χ1n) is 6.83. The lowest BCUT2D eigenvalue weighted by Gasteiger charge is -2.30. The average molecular weight is 308 g/mol. The molecule has 0 aromatic rings. The minimum Gasteiger partial charge on any atom is -0.394 e. The molecule has 1 unspecified atom stereocenters. The average Bonchev–Trinajstić information content (AvgIpc) is 2.88. The van der Waals surface area contributed by atoms with Crippen molar-refractivity contribution in [2.24, 2.45) is 0 Å². The van der Waals surface area contributed by atoms with E-state index in [2.05, 4.69) is 5.32 Å². The maximum absolute atomic E-state index is 12.2. The molecule has 1 heterocycles. The van der Waals surface area contributed by atoms with Gasteiger partial charge < -0.3 is 15.5 Å².